The van der Waals surface area contributed by atoms with Crippen molar-refractivity contribution in [3.8, 4) is 0 Å². The molecule has 3 N–H and O–H groups in total. The maximum Gasteiger partial charge on any atom is 0.417 e. The van der Waals surface area contributed by atoms with E-state index in [9.17, 15) is 4.79 Å². The molecule has 0 fully saturated rings. The molecule has 0 spiro atoms. The average molecular weight is 274 g/mol. The molecule has 1 atom stereocenters. The number of H-pyrrole nitrogens is 1. The summed E-state index contributed by atoms with van der Waals surface area (Å²) in [7, 11) is 0. The van der Waals surface area contributed by atoms with E-state index in [2.05, 4.69) is 24.9 Å². The Morgan fingerprint density at radius 2 is 2.11 bits per heavy atom. The molecule has 0 radical (unpaired) electrons. The van der Waals surface area contributed by atoms with Gasteiger partial charge in [-0.05, 0) is 43.2 Å². The van der Waals surface area contributed by atoms with Crippen LogP contribution in [-0.4, -0.2) is 4.98 Å². The Morgan fingerprint density at radius 1 is 1.32 bits per heavy atom. The molecule has 19 heavy (non-hydrogen) atoms. The number of oxazole rings is 1. The van der Waals surface area contributed by atoms with Gasteiger partial charge >= 0.3 is 5.76 Å². The van der Waals surface area contributed by atoms with Crippen LogP contribution in [0.25, 0.3) is 11.1 Å². The molecule has 0 saturated carbocycles. The van der Waals surface area contributed by atoms with Crippen LogP contribution >= 0.6 is 11.3 Å². The van der Waals surface area contributed by atoms with E-state index in [1.165, 1.54) is 10.4 Å². The first-order valence-electron chi connectivity index (χ1n) is 6.00. The summed E-state index contributed by atoms with van der Waals surface area (Å²) >= 11 is 1.70. The first-order valence-corrected chi connectivity index (χ1v) is 6.81. The molecule has 4 nitrogen and oxygen atoms in total. The van der Waals surface area contributed by atoms with Crippen LogP contribution in [0, 0.1) is 13.8 Å². The van der Waals surface area contributed by atoms with Gasteiger partial charge in [-0.15, -0.1) is 11.3 Å². The lowest BCUT2D eigenvalue weighted by molar-refractivity contribution is 0.555. The highest BCUT2D eigenvalue weighted by Crippen LogP contribution is 2.30. The summed E-state index contributed by atoms with van der Waals surface area (Å²) in [5.74, 6) is -0.441. The van der Waals surface area contributed by atoms with Gasteiger partial charge in [-0.2, -0.15) is 0 Å². The van der Waals surface area contributed by atoms with Crippen molar-refractivity contribution in [2.24, 2.45) is 5.73 Å². The predicted molar refractivity (Wildman–Crippen MR) is 76.7 cm³/mol. The lowest BCUT2D eigenvalue weighted by atomic mass is 10.1. The van der Waals surface area contributed by atoms with E-state index in [-0.39, 0.29) is 6.04 Å². The van der Waals surface area contributed by atoms with Gasteiger partial charge in [0.15, 0.2) is 5.58 Å². The highest BCUT2D eigenvalue weighted by Gasteiger charge is 2.14. The van der Waals surface area contributed by atoms with Crippen molar-refractivity contribution in [3.63, 3.8) is 0 Å². The molecule has 98 valence electrons. The van der Waals surface area contributed by atoms with E-state index in [0.717, 1.165) is 10.4 Å². The number of nitrogens with one attached hydrogen (secondary N) is 1. The van der Waals surface area contributed by atoms with Gasteiger partial charge in [0.1, 0.15) is 0 Å². The van der Waals surface area contributed by atoms with Crippen molar-refractivity contribution < 1.29 is 4.42 Å². The van der Waals surface area contributed by atoms with Crippen LogP contribution in [0.1, 0.15) is 26.9 Å². The Kier molecular flexibility index (Phi) is 2.80. The minimum Gasteiger partial charge on any atom is -0.408 e. The fourth-order valence-corrected chi connectivity index (χ4v) is 3.15. The van der Waals surface area contributed by atoms with E-state index in [1.54, 1.807) is 11.3 Å². The minimum absolute atomic E-state index is 0.193. The molecule has 2 heterocycles. The first kappa shape index (κ1) is 12.2. The standard InChI is InChI=1S/C14H14N2O2S/c1-7-5-12(19-8(7)2)13(15)9-3-4-10-11(6-9)18-14(17)16-10/h3-6,13H,15H2,1-2H3,(H,16,17). The van der Waals surface area contributed by atoms with Crippen molar-refractivity contribution in [1.29, 1.82) is 0 Å². The zero-order chi connectivity index (χ0) is 13.6. The van der Waals surface area contributed by atoms with Gasteiger partial charge in [0.2, 0.25) is 0 Å². The van der Waals surface area contributed by atoms with Crippen LogP contribution in [0.5, 0.6) is 0 Å². The Hall–Kier alpha value is -1.85. The van der Waals surface area contributed by atoms with E-state index in [1.807, 2.05) is 18.2 Å². The molecule has 0 amide bonds. The quantitative estimate of drug-likeness (QED) is 0.754. The largest absolute Gasteiger partial charge is 0.417 e. The molecule has 3 aromatic rings. The highest BCUT2D eigenvalue weighted by atomic mass is 32.1. The number of hydrogen-bond acceptors (Lipinski definition) is 4. The maximum atomic E-state index is 11.1. The number of nitrogens with two attached hydrogens (primary N) is 1. The average Bonchev–Trinajstić information content (AvgIpc) is 2.90. The number of fused-ring (bicyclic) bond motifs is 1. The molecule has 0 bridgehead atoms. The second-order valence-corrected chi connectivity index (χ2v) is 5.92. The van der Waals surface area contributed by atoms with E-state index >= 15 is 0 Å². The van der Waals surface area contributed by atoms with Crippen LogP contribution in [0.3, 0.4) is 0 Å². The molecule has 1 aromatic carbocycles. The Balaban J connectivity index is 2.05. The lowest BCUT2D eigenvalue weighted by Crippen LogP contribution is -2.09. The number of benzene rings is 1. The molecular weight excluding hydrogens is 260 g/mol. The number of aryl methyl sites for hydroxylation is 2. The molecule has 3 rings (SSSR count). The summed E-state index contributed by atoms with van der Waals surface area (Å²) < 4.78 is 5.06. The SMILES string of the molecule is Cc1cc(C(N)c2ccc3[nH]c(=O)oc3c2)sc1C. The molecule has 1 unspecified atom stereocenters. The van der Waals surface area contributed by atoms with Gasteiger partial charge in [-0.25, -0.2) is 4.79 Å². The molecule has 0 aliphatic carbocycles. The van der Waals surface area contributed by atoms with Gasteiger partial charge in [-0.3, -0.25) is 4.98 Å². The first-order chi connectivity index (χ1) is 9.04. The number of rotatable bonds is 2. The van der Waals surface area contributed by atoms with Gasteiger partial charge in [0.25, 0.3) is 0 Å². The van der Waals surface area contributed by atoms with Crippen molar-refractivity contribution in [1.82, 2.24) is 4.98 Å². The van der Waals surface area contributed by atoms with Crippen molar-refractivity contribution in [3.05, 3.63) is 55.7 Å². The van der Waals surface area contributed by atoms with Gasteiger partial charge in [-0.1, -0.05) is 6.07 Å². The Bertz CT molecular complexity index is 778. The van der Waals surface area contributed by atoms with Gasteiger partial charge < -0.3 is 10.2 Å². The third kappa shape index (κ3) is 2.11. The summed E-state index contributed by atoms with van der Waals surface area (Å²) in [5.41, 5.74) is 9.71. The molecule has 0 aliphatic rings. The summed E-state index contributed by atoms with van der Waals surface area (Å²) in [6.07, 6.45) is 0. The Labute approximate surface area is 113 Å². The zero-order valence-corrected chi connectivity index (χ0v) is 11.5. The van der Waals surface area contributed by atoms with Crippen LogP contribution in [0.15, 0.2) is 33.5 Å². The molecular formula is C14H14N2O2S. The molecule has 5 heteroatoms. The van der Waals surface area contributed by atoms with Gasteiger partial charge in [0, 0.05) is 9.75 Å². The Morgan fingerprint density at radius 3 is 2.79 bits per heavy atom. The van der Waals surface area contributed by atoms with Crippen LogP contribution < -0.4 is 11.5 Å². The van der Waals surface area contributed by atoms with Crippen molar-refractivity contribution >= 4 is 22.4 Å². The van der Waals surface area contributed by atoms with E-state index in [4.69, 9.17) is 10.2 Å². The summed E-state index contributed by atoms with van der Waals surface area (Å²) in [6.45, 7) is 4.17. The summed E-state index contributed by atoms with van der Waals surface area (Å²) in [6, 6.07) is 7.48. The van der Waals surface area contributed by atoms with Crippen LogP contribution in [-0.2, 0) is 0 Å². The number of aromatic nitrogens is 1. The monoisotopic (exact) mass is 274 g/mol. The molecule has 2 aromatic heterocycles. The predicted octanol–water partition coefficient (Wildman–Crippen LogP) is 2.85. The van der Waals surface area contributed by atoms with Crippen LogP contribution in [0.4, 0.5) is 0 Å². The fourth-order valence-electron chi connectivity index (χ4n) is 2.07. The third-order valence-electron chi connectivity index (χ3n) is 3.30. The second-order valence-electron chi connectivity index (χ2n) is 4.64. The van der Waals surface area contributed by atoms with E-state index < -0.39 is 5.76 Å². The van der Waals surface area contributed by atoms with Crippen LogP contribution in [0.2, 0.25) is 0 Å². The summed E-state index contributed by atoms with van der Waals surface area (Å²) in [5, 5.41) is 0. The maximum absolute atomic E-state index is 11.1. The molecule has 0 aliphatic heterocycles. The minimum atomic E-state index is -0.441. The smallest absolute Gasteiger partial charge is 0.408 e. The van der Waals surface area contributed by atoms with Crippen molar-refractivity contribution in [2.45, 2.75) is 19.9 Å². The van der Waals surface area contributed by atoms with Gasteiger partial charge in [0.05, 0.1) is 11.6 Å². The molecule has 0 saturated heterocycles. The number of hydrogen-bond donors (Lipinski definition) is 2. The summed E-state index contributed by atoms with van der Waals surface area (Å²) in [4.78, 5) is 16.1. The lowest BCUT2D eigenvalue weighted by Gasteiger charge is -2.09. The number of aromatic amines is 1. The highest BCUT2D eigenvalue weighted by molar-refractivity contribution is 7.12. The number of thiophene rings is 1. The topological polar surface area (TPSA) is 72.0 Å². The third-order valence-corrected chi connectivity index (χ3v) is 4.53. The second kappa shape index (κ2) is 4.36. The van der Waals surface area contributed by atoms with E-state index in [0.29, 0.717) is 11.1 Å². The van der Waals surface area contributed by atoms with Crippen molar-refractivity contribution in [2.75, 3.05) is 0 Å². The normalized spacial score (nSPS) is 13.0. The fraction of sp³-hybridized carbons (Fsp3) is 0.214. The zero-order valence-electron chi connectivity index (χ0n) is 10.7.